The van der Waals surface area contributed by atoms with Crippen LogP contribution < -0.4 is 30.7 Å². The van der Waals surface area contributed by atoms with E-state index in [0.29, 0.717) is 52.8 Å². The second-order valence-corrected chi connectivity index (χ2v) is 16.5. The standard InChI is InChI=1S/C48H45Cl5N8O8/c1-5-68-34-10-15-41(29(20-34)24-50)55-45(64)36-22-32(7-12-38(36)52)58-60-43(26(3)62)47(66)54-31-9-14-40(28(19-31)17-18-49)57-48(67)44(27(4)63)61-59-33-8-13-39(53)37(23-33)46(65)56-42-16-11-35(69-6-2)21-30(42)25-51/h7-16,19-23,43-44H,5-6,17-18,24-25H2,1-4H3,(H,54,66)(H,55,64)(H,56,65)(H,57,67). The molecule has 0 aliphatic heterocycles. The number of anilines is 4. The van der Waals surface area contributed by atoms with E-state index in [2.05, 4.69) is 41.7 Å². The highest BCUT2D eigenvalue weighted by Crippen LogP contribution is 2.30. The monoisotopic (exact) mass is 1040 g/mol. The fourth-order valence-corrected chi connectivity index (χ4v) is 7.45. The van der Waals surface area contributed by atoms with Crippen molar-refractivity contribution in [1.29, 1.82) is 0 Å². The number of halogens is 5. The lowest BCUT2D eigenvalue weighted by Gasteiger charge is -2.15. The molecule has 16 nitrogen and oxygen atoms in total. The molecule has 2 unspecified atom stereocenters. The van der Waals surface area contributed by atoms with Gasteiger partial charge in [-0.05, 0) is 142 Å². The quantitative estimate of drug-likeness (QED) is 0.0296. The van der Waals surface area contributed by atoms with Crippen molar-refractivity contribution in [2.45, 2.75) is 58.0 Å². The van der Waals surface area contributed by atoms with Crippen molar-refractivity contribution in [2.75, 3.05) is 40.4 Å². The van der Waals surface area contributed by atoms with Gasteiger partial charge in [0.2, 0.25) is 12.1 Å². The lowest BCUT2D eigenvalue weighted by molar-refractivity contribution is -0.127. The van der Waals surface area contributed by atoms with Gasteiger partial charge in [0.15, 0.2) is 11.6 Å². The summed E-state index contributed by atoms with van der Waals surface area (Å²) in [6, 6.07) is 19.9. The number of carbonyl (C=O) groups is 6. The number of ketones is 2. The largest absolute Gasteiger partial charge is 0.494 e. The third-order valence-electron chi connectivity index (χ3n) is 9.79. The van der Waals surface area contributed by atoms with Crippen LogP contribution in [0.1, 0.15) is 65.1 Å². The predicted octanol–water partition coefficient (Wildman–Crippen LogP) is 11.9. The third-order valence-corrected chi connectivity index (χ3v) is 11.2. The molecule has 360 valence electrons. The second kappa shape index (κ2) is 25.8. The first-order chi connectivity index (χ1) is 33.1. The number of amides is 4. The summed E-state index contributed by atoms with van der Waals surface area (Å²) < 4.78 is 11.0. The van der Waals surface area contributed by atoms with Crippen LogP contribution in [-0.4, -0.2) is 66.4 Å². The molecule has 0 aliphatic rings. The molecule has 0 bridgehead atoms. The molecule has 0 radical (unpaired) electrons. The zero-order chi connectivity index (χ0) is 50.2. The average Bonchev–Trinajstić information content (AvgIpc) is 3.31. The Balaban J connectivity index is 1.27. The topological polar surface area (TPSA) is 218 Å². The van der Waals surface area contributed by atoms with Crippen molar-refractivity contribution in [3.63, 3.8) is 0 Å². The normalized spacial score (nSPS) is 12.0. The number of benzene rings is 5. The highest BCUT2D eigenvalue weighted by Gasteiger charge is 2.26. The van der Waals surface area contributed by atoms with E-state index in [1.807, 2.05) is 13.8 Å². The minimum atomic E-state index is -1.61. The van der Waals surface area contributed by atoms with Crippen molar-refractivity contribution in [2.24, 2.45) is 20.5 Å². The molecule has 69 heavy (non-hydrogen) atoms. The fraction of sp³-hybridized carbons (Fsp3) is 0.250. The summed E-state index contributed by atoms with van der Waals surface area (Å²) in [7, 11) is 0. The van der Waals surface area contributed by atoms with Crippen LogP contribution in [0.2, 0.25) is 10.0 Å². The summed E-state index contributed by atoms with van der Waals surface area (Å²) >= 11 is 31.1. The Morgan fingerprint density at radius 1 is 0.536 bits per heavy atom. The number of ether oxygens (including phenoxy) is 2. The fourth-order valence-electron chi connectivity index (χ4n) is 6.40. The summed E-state index contributed by atoms with van der Waals surface area (Å²) in [6.07, 6.45) is 0.208. The van der Waals surface area contributed by atoms with Crippen LogP contribution in [0, 0.1) is 0 Å². The number of Topliss-reactive ketones (excluding diaryl/α,β-unsaturated/α-hetero) is 2. The van der Waals surface area contributed by atoms with E-state index >= 15 is 0 Å². The molecular weight excluding hydrogens is 994 g/mol. The highest BCUT2D eigenvalue weighted by atomic mass is 35.5. The molecule has 5 rings (SSSR count). The van der Waals surface area contributed by atoms with Crippen molar-refractivity contribution in [1.82, 2.24) is 0 Å². The summed E-state index contributed by atoms with van der Waals surface area (Å²) in [5, 5.41) is 27.3. The second-order valence-electron chi connectivity index (χ2n) is 14.8. The van der Waals surface area contributed by atoms with Gasteiger partial charge in [-0.3, -0.25) is 28.8 Å². The van der Waals surface area contributed by atoms with Gasteiger partial charge in [-0.2, -0.15) is 20.5 Å². The number of hydrogen-bond acceptors (Lipinski definition) is 12. The summed E-state index contributed by atoms with van der Waals surface area (Å²) in [5.41, 5.74) is 3.41. The number of nitrogens with zero attached hydrogens (tertiary/aromatic N) is 4. The zero-order valence-electron chi connectivity index (χ0n) is 37.5. The SMILES string of the molecule is CCOc1ccc(NC(=O)c2cc(N=NC(C(C)=O)C(=O)Nc3ccc(NC(=O)C(N=Nc4ccc(Cl)c(C(=O)Nc5ccc(OCC)cc5CCl)c4)C(C)=O)c(CCCl)c3)ccc2Cl)c(CCl)c1. The van der Waals surface area contributed by atoms with Gasteiger partial charge in [0.05, 0.1) is 45.8 Å². The minimum absolute atomic E-state index is 0.0438. The van der Waals surface area contributed by atoms with E-state index in [-0.39, 0.29) is 68.0 Å². The number of aryl methyl sites for hydroxylation is 1. The Bertz CT molecular complexity index is 2810. The van der Waals surface area contributed by atoms with Gasteiger partial charge in [0.25, 0.3) is 23.6 Å². The van der Waals surface area contributed by atoms with E-state index in [9.17, 15) is 28.8 Å². The lowest BCUT2D eigenvalue weighted by atomic mass is 10.1. The van der Waals surface area contributed by atoms with Gasteiger partial charge in [-0.25, -0.2) is 0 Å². The minimum Gasteiger partial charge on any atom is -0.494 e. The number of azo groups is 2. The first-order valence-corrected chi connectivity index (χ1v) is 23.4. The Morgan fingerprint density at radius 2 is 0.971 bits per heavy atom. The van der Waals surface area contributed by atoms with Crippen LogP contribution in [0.25, 0.3) is 0 Å². The molecule has 0 spiro atoms. The maximum Gasteiger partial charge on any atom is 0.258 e. The molecule has 0 saturated carbocycles. The molecule has 0 aromatic heterocycles. The van der Waals surface area contributed by atoms with Crippen molar-refractivity contribution in [3.8, 4) is 11.5 Å². The predicted molar refractivity (Wildman–Crippen MR) is 269 cm³/mol. The first kappa shape index (κ1) is 53.5. The Labute approximate surface area is 422 Å². The van der Waals surface area contributed by atoms with Crippen molar-refractivity contribution < 1.29 is 38.2 Å². The van der Waals surface area contributed by atoms with Gasteiger partial charge in [-0.1, -0.05) is 23.2 Å². The molecule has 21 heteroatoms. The van der Waals surface area contributed by atoms with Gasteiger partial charge in [0.1, 0.15) is 11.5 Å². The molecule has 0 fully saturated rings. The Kier molecular flexibility index (Phi) is 20.0. The lowest BCUT2D eigenvalue weighted by Crippen LogP contribution is -2.32. The van der Waals surface area contributed by atoms with E-state index < -0.39 is 47.3 Å². The van der Waals surface area contributed by atoms with E-state index in [4.69, 9.17) is 67.5 Å². The number of alkyl halides is 3. The van der Waals surface area contributed by atoms with E-state index in [0.717, 1.165) is 0 Å². The summed E-state index contributed by atoms with van der Waals surface area (Å²) in [5.74, 6) is -2.58. The molecule has 2 atom stereocenters. The smallest absolute Gasteiger partial charge is 0.258 e. The van der Waals surface area contributed by atoms with Gasteiger partial charge in [0, 0.05) is 40.4 Å². The van der Waals surface area contributed by atoms with E-state index in [1.165, 1.54) is 68.4 Å². The number of nitrogens with one attached hydrogen (secondary N) is 4. The van der Waals surface area contributed by atoms with Gasteiger partial charge >= 0.3 is 0 Å². The van der Waals surface area contributed by atoms with Crippen LogP contribution in [0.15, 0.2) is 111 Å². The molecule has 0 aliphatic carbocycles. The summed E-state index contributed by atoms with van der Waals surface area (Å²) in [6.45, 7) is 6.93. The van der Waals surface area contributed by atoms with E-state index in [1.54, 1.807) is 36.4 Å². The molecule has 5 aromatic carbocycles. The number of rotatable bonds is 22. The molecular formula is C48H45Cl5N8O8. The zero-order valence-corrected chi connectivity index (χ0v) is 41.3. The van der Waals surface area contributed by atoms with Crippen LogP contribution in [0.5, 0.6) is 11.5 Å². The Hall–Kier alpha value is -6.43. The third kappa shape index (κ3) is 14.8. The van der Waals surface area contributed by atoms with Crippen LogP contribution >= 0.6 is 58.0 Å². The molecule has 4 N–H and O–H groups in total. The molecule has 5 aromatic rings. The van der Waals surface area contributed by atoms with Crippen LogP contribution in [0.3, 0.4) is 0 Å². The molecule has 4 amide bonds. The highest BCUT2D eigenvalue weighted by molar-refractivity contribution is 6.35. The number of carbonyl (C=O) groups excluding carboxylic acids is 6. The van der Waals surface area contributed by atoms with Crippen LogP contribution in [-0.2, 0) is 37.4 Å². The maximum atomic E-state index is 13.5. The maximum absolute atomic E-state index is 13.5. The Morgan fingerprint density at radius 3 is 1.39 bits per heavy atom. The average molecular weight is 1040 g/mol. The van der Waals surface area contributed by atoms with Crippen molar-refractivity contribution in [3.05, 3.63) is 129 Å². The molecule has 0 saturated heterocycles. The van der Waals surface area contributed by atoms with Gasteiger partial charge in [-0.15, -0.1) is 34.8 Å². The first-order valence-electron chi connectivity index (χ1n) is 21.1. The van der Waals surface area contributed by atoms with Crippen molar-refractivity contribution >= 4 is 127 Å². The van der Waals surface area contributed by atoms with Crippen LogP contribution in [0.4, 0.5) is 34.1 Å². The molecule has 0 heterocycles. The number of hydrogen-bond donors (Lipinski definition) is 4. The summed E-state index contributed by atoms with van der Waals surface area (Å²) in [4.78, 5) is 79.0. The van der Waals surface area contributed by atoms with Gasteiger partial charge < -0.3 is 30.7 Å².